The molecule has 0 spiro atoms. The smallest absolute Gasteiger partial charge is 0.170 e. The van der Waals surface area contributed by atoms with Crippen LogP contribution in [0, 0.1) is 18.8 Å². The Hall–Kier alpha value is -4.98. The maximum Gasteiger partial charge on any atom is 0.170 e. The number of aromatic hydroxyl groups is 1. The van der Waals surface area contributed by atoms with E-state index in [0.29, 0.717) is 46.5 Å². The lowest BCUT2D eigenvalue weighted by atomic mass is 9.72. The molecule has 0 aliphatic heterocycles. The molecule has 53 heavy (non-hydrogen) atoms. The second kappa shape index (κ2) is 18.7. The highest BCUT2D eigenvalue weighted by Crippen LogP contribution is 2.43. The summed E-state index contributed by atoms with van der Waals surface area (Å²) in [6.45, 7) is 4.51. The molecule has 4 aromatic carbocycles. The Morgan fingerprint density at radius 3 is 1.49 bits per heavy atom. The number of phenols is 1. The zero-order chi connectivity index (χ0) is 37.9. The van der Waals surface area contributed by atoms with Crippen LogP contribution in [-0.4, -0.2) is 51.7 Å². The van der Waals surface area contributed by atoms with Crippen molar-refractivity contribution in [2.45, 2.75) is 77.0 Å². The molecule has 8 nitrogen and oxygen atoms in total. The summed E-state index contributed by atoms with van der Waals surface area (Å²) in [7, 11) is 6.38. The second-order valence-corrected chi connectivity index (χ2v) is 13.9. The number of aryl methyl sites for hydroxylation is 1. The summed E-state index contributed by atoms with van der Waals surface area (Å²) in [5, 5.41) is 10.1. The summed E-state index contributed by atoms with van der Waals surface area (Å²) in [6.07, 6.45) is 8.08. The Balaban J connectivity index is 0.000000204. The number of hydrogen-bond acceptors (Lipinski definition) is 8. The molecule has 0 saturated heterocycles. The van der Waals surface area contributed by atoms with E-state index in [1.165, 1.54) is 5.56 Å². The van der Waals surface area contributed by atoms with Crippen LogP contribution in [0.1, 0.15) is 108 Å². The van der Waals surface area contributed by atoms with Crippen LogP contribution in [0.25, 0.3) is 0 Å². The third kappa shape index (κ3) is 9.34. The first-order chi connectivity index (χ1) is 25.7. The van der Waals surface area contributed by atoms with Gasteiger partial charge in [-0.1, -0.05) is 49.9 Å². The standard InChI is InChI=1S/C23H28O4.C22H26O4/c1-4-27-17-11-9-16(10-12-17)19-7-5-6-8-20(19)23(24)21-15-18(25-2)13-14-22(21)26-3;1-14-8-9-15(12-20(14)23)17-6-4-5-7-18(17)22(24)19-13-16(25-2)10-11-21(19)26-3/h9-15,19-20H,4-8H2,1-3H3;8-13,17-18,23H,4-7H2,1-3H3. The molecule has 1 N–H and O–H groups in total. The van der Waals surface area contributed by atoms with Crippen molar-refractivity contribution in [3.8, 4) is 34.5 Å². The Bertz CT molecular complexity index is 1830. The minimum Gasteiger partial charge on any atom is -0.508 e. The summed E-state index contributed by atoms with van der Waals surface area (Å²) in [4.78, 5) is 26.8. The highest BCUT2D eigenvalue weighted by atomic mass is 16.5. The van der Waals surface area contributed by atoms with E-state index >= 15 is 0 Å². The minimum atomic E-state index is -0.119. The van der Waals surface area contributed by atoms with Crippen LogP contribution in [0.3, 0.4) is 0 Å². The van der Waals surface area contributed by atoms with Gasteiger partial charge in [-0.05, 0) is 123 Å². The van der Waals surface area contributed by atoms with Crippen molar-refractivity contribution in [1.82, 2.24) is 0 Å². The summed E-state index contributed by atoms with van der Waals surface area (Å²) < 4.78 is 27.0. The molecule has 6 rings (SSSR count). The van der Waals surface area contributed by atoms with Crippen LogP contribution < -0.4 is 23.7 Å². The lowest BCUT2D eigenvalue weighted by Crippen LogP contribution is -2.26. The summed E-state index contributed by atoms with van der Waals surface area (Å²) in [5.41, 5.74) is 4.27. The highest BCUT2D eigenvalue weighted by molar-refractivity contribution is 6.02. The first-order valence-electron chi connectivity index (χ1n) is 18.8. The van der Waals surface area contributed by atoms with Gasteiger partial charge in [0.15, 0.2) is 11.6 Å². The van der Waals surface area contributed by atoms with Crippen molar-refractivity contribution in [2.75, 3.05) is 35.0 Å². The van der Waals surface area contributed by atoms with Crippen LogP contribution in [0.5, 0.6) is 34.5 Å². The fourth-order valence-corrected chi connectivity index (χ4v) is 7.94. The molecule has 2 fully saturated rings. The molecule has 4 aromatic rings. The number of ether oxygens (including phenoxy) is 5. The number of benzene rings is 4. The summed E-state index contributed by atoms with van der Waals surface area (Å²) in [5.74, 6) is 4.06. The summed E-state index contributed by atoms with van der Waals surface area (Å²) in [6, 6.07) is 24.7. The molecule has 4 atom stereocenters. The number of Topliss-reactive ketones (excluding diaryl/α,β-unsaturated/α-hetero) is 2. The first kappa shape index (κ1) is 39.2. The quantitative estimate of drug-likeness (QED) is 0.144. The fraction of sp³-hybridized carbons (Fsp3) is 0.422. The van der Waals surface area contributed by atoms with Crippen molar-refractivity contribution in [2.24, 2.45) is 11.8 Å². The predicted octanol–water partition coefficient (Wildman–Crippen LogP) is 10.1. The second-order valence-electron chi connectivity index (χ2n) is 13.9. The van der Waals surface area contributed by atoms with E-state index in [0.717, 1.165) is 68.2 Å². The molecule has 2 aliphatic rings. The average Bonchev–Trinajstić information content (AvgIpc) is 3.21. The highest BCUT2D eigenvalue weighted by Gasteiger charge is 2.35. The Labute approximate surface area is 314 Å². The van der Waals surface area contributed by atoms with Gasteiger partial charge in [-0.15, -0.1) is 0 Å². The molecule has 4 unspecified atom stereocenters. The van der Waals surface area contributed by atoms with Crippen molar-refractivity contribution in [3.05, 3.63) is 107 Å². The monoisotopic (exact) mass is 722 g/mol. The van der Waals surface area contributed by atoms with Crippen LogP contribution in [0.4, 0.5) is 0 Å². The topological polar surface area (TPSA) is 101 Å². The molecular formula is C45H54O8. The van der Waals surface area contributed by atoms with E-state index in [1.807, 2.05) is 50.2 Å². The van der Waals surface area contributed by atoms with Crippen molar-refractivity contribution >= 4 is 11.6 Å². The number of carbonyl (C=O) groups excluding carboxylic acids is 2. The minimum absolute atomic E-state index is 0.0438. The molecule has 2 saturated carbocycles. The van der Waals surface area contributed by atoms with Crippen molar-refractivity contribution < 1.29 is 38.4 Å². The normalized spacial score (nSPS) is 19.6. The van der Waals surface area contributed by atoms with Gasteiger partial charge in [-0.2, -0.15) is 0 Å². The van der Waals surface area contributed by atoms with Gasteiger partial charge in [0.05, 0.1) is 46.2 Å². The molecule has 0 amide bonds. The van der Waals surface area contributed by atoms with Gasteiger partial charge in [-0.3, -0.25) is 9.59 Å². The van der Waals surface area contributed by atoms with E-state index in [1.54, 1.807) is 58.8 Å². The molecule has 282 valence electrons. The van der Waals surface area contributed by atoms with Crippen LogP contribution >= 0.6 is 0 Å². The van der Waals surface area contributed by atoms with Gasteiger partial charge < -0.3 is 28.8 Å². The Kier molecular flexibility index (Phi) is 13.8. The fourth-order valence-electron chi connectivity index (χ4n) is 7.94. The third-order valence-electron chi connectivity index (χ3n) is 10.8. The SMILES string of the molecule is CCOc1ccc(C2CCCCC2C(=O)c2cc(OC)ccc2OC)cc1.COc1ccc(OC)c(C(=O)C2CCCCC2c2ccc(C)c(O)c2)c1. The molecule has 0 bridgehead atoms. The number of phenolic OH excluding ortho intramolecular Hbond substituents is 1. The van der Waals surface area contributed by atoms with Gasteiger partial charge >= 0.3 is 0 Å². The van der Waals surface area contributed by atoms with E-state index < -0.39 is 0 Å². The molecule has 0 radical (unpaired) electrons. The molecule has 0 heterocycles. The van der Waals surface area contributed by atoms with Crippen molar-refractivity contribution in [1.29, 1.82) is 0 Å². The van der Waals surface area contributed by atoms with Crippen LogP contribution in [0.15, 0.2) is 78.9 Å². The number of carbonyl (C=O) groups is 2. The number of ketones is 2. The largest absolute Gasteiger partial charge is 0.508 e. The van der Waals surface area contributed by atoms with E-state index in [-0.39, 0.29) is 35.2 Å². The Morgan fingerprint density at radius 2 is 1.04 bits per heavy atom. The number of hydrogen-bond donors (Lipinski definition) is 1. The van der Waals surface area contributed by atoms with Gasteiger partial charge in [0.1, 0.15) is 34.5 Å². The Morgan fingerprint density at radius 1 is 0.585 bits per heavy atom. The average molecular weight is 723 g/mol. The molecule has 8 heteroatoms. The zero-order valence-electron chi connectivity index (χ0n) is 32.0. The van der Waals surface area contributed by atoms with Crippen LogP contribution in [0.2, 0.25) is 0 Å². The maximum atomic E-state index is 13.4. The van der Waals surface area contributed by atoms with Gasteiger partial charge in [-0.25, -0.2) is 0 Å². The number of rotatable bonds is 12. The maximum absolute atomic E-state index is 13.4. The lowest BCUT2D eigenvalue weighted by molar-refractivity contribution is 0.0857. The molecule has 2 aliphatic carbocycles. The van der Waals surface area contributed by atoms with Gasteiger partial charge in [0.2, 0.25) is 0 Å². The lowest BCUT2D eigenvalue weighted by Gasteiger charge is -2.31. The molecular weight excluding hydrogens is 668 g/mol. The first-order valence-corrected chi connectivity index (χ1v) is 18.8. The van der Waals surface area contributed by atoms with Gasteiger partial charge in [0.25, 0.3) is 0 Å². The third-order valence-corrected chi connectivity index (χ3v) is 10.8. The van der Waals surface area contributed by atoms with Gasteiger partial charge in [0, 0.05) is 11.8 Å². The van der Waals surface area contributed by atoms with Crippen molar-refractivity contribution in [3.63, 3.8) is 0 Å². The molecule has 0 aromatic heterocycles. The summed E-state index contributed by atoms with van der Waals surface area (Å²) >= 11 is 0. The van der Waals surface area contributed by atoms with E-state index in [2.05, 4.69) is 12.1 Å². The van der Waals surface area contributed by atoms with E-state index in [9.17, 15) is 14.7 Å². The van der Waals surface area contributed by atoms with Crippen LogP contribution in [-0.2, 0) is 0 Å². The predicted molar refractivity (Wildman–Crippen MR) is 208 cm³/mol. The number of methoxy groups -OCH3 is 4. The van der Waals surface area contributed by atoms with E-state index in [4.69, 9.17) is 23.7 Å². The zero-order valence-corrected chi connectivity index (χ0v) is 32.0.